The first-order chi connectivity index (χ1) is 19.5. The number of benzene rings is 3. The predicted molar refractivity (Wildman–Crippen MR) is 143 cm³/mol. The summed E-state index contributed by atoms with van der Waals surface area (Å²) in [5, 5.41) is 0. The molecule has 1 heterocycles. The van der Waals surface area contributed by atoms with E-state index in [0.29, 0.717) is 44.4 Å². The van der Waals surface area contributed by atoms with Crippen LogP contribution < -0.4 is 4.72 Å². The van der Waals surface area contributed by atoms with Crippen LogP contribution in [0.4, 0.5) is 18.0 Å². The van der Waals surface area contributed by atoms with E-state index in [9.17, 15) is 31.2 Å². The van der Waals surface area contributed by atoms with Crippen LogP contribution in [-0.4, -0.2) is 51.6 Å². The standard InChI is InChI=1S/C29H29F3N2O6S/c30-29(31,32)25-8-4-5-9-26(25)41(37,38)33-27(35)17-22-12-10-21(11-13-22)16-24-18-34(14-15-39-19-24)28(36)40-20-23-6-2-1-3-7-23/h1-13,24H,14-20H2,(H,33,35)/t24-/m1/s1. The van der Waals surface area contributed by atoms with E-state index in [-0.39, 0.29) is 18.9 Å². The molecule has 0 radical (unpaired) electrons. The van der Waals surface area contributed by atoms with E-state index in [1.807, 2.05) is 30.3 Å². The molecule has 0 unspecified atom stereocenters. The molecule has 0 saturated carbocycles. The zero-order chi connectivity index (χ0) is 29.5. The van der Waals surface area contributed by atoms with Gasteiger partial charge in [0.15, 0.2) is 0 Å². The van der Waals surface area contributed by atoms with Crippen LogP contribution in [0, 0.1) is 5.92 Å². The lowest BCUT2D eigenvalue weighted by molar-refractivity contribution is -0.140. The number of sulfonamides is 1. The second kappa shape index (κ2) is 13.2. The van der Waals surface area contributed by atoms with Gasteiger partial charge in [-0.15, -0.1) is 0 Å². The molecule has 2 amide bonds. The Morgan fingerprint density at radius 3 is 2.29 bits per heavy atom. The summed E-state index contributed by atoms with van der Waals surface area (Å²) >= 11 is 0. The van der Waals surface area contributed by atoms with Gasteiger partial charge in [0.2, 0.25) is 5.91 Å². The monoisotopic (exact) mass is 590 g/mol. The summed E-state index contributed by atoms with van der Waals surface area (Å²) in [6.45, 7) is 1.86. The molecule has 0 aliphatic carbocycles. The normalized spacial score (nSPS) is 16.1. The van der Waals surface area contributed by atoms with Crippen molar-refractivity contribution in [1.29, 1.82) is 0 Å². The van der Waals surface area contributed by atoms with E-state index in [4.69, 9.17) is 9.47 Å². The lowest BCUT2D eigenvalue weighted by Gasteiger charge is -2.23. The summed E-state index contributed by atoms with van der Waals surface area (Å²) in [5.74, 6) is -0.966. The third kappa shape index (κ3) is 8.54. The van der Waals surface area contributed by atoms with Crippen LogP contribution in [0.3, 0.4) is 0 Å². The molecule has 3 aromatic rings. The van der Waals surface area contributed by atoms with Gasteiger partial charge in [0.1, 0.15) is 6.61 Å². The number of hydrogen-bond acceptors (Lipinski definition) is 6. The number of hydrogen-bond donors (Lipinski definition) is 1. The minimum Gasteiger partial charge on any atom is -0.445 e. The molecule has 1 N–H and O–H groups in total. The molecule has 0 aromatic heterocycles. The summed E-state index contributed by atoms with van der Waals surface area (Å²) in [6.07, 6.45) is -5.08. The highest BCUT2D eigenvalue weighted by Gasteiger charge is 2.37. The van der Waals surface area contributed by atoms with Crippen molar-refractivity contribution in [2.24, 2.45) is 5.92 Å². The Bertz CT molecular complexity index is 1450. The Balaban J connectivity index is 1.31. The molecule has 3 aromatic carbocycles. The highest BCUT2D eigenvalue weighted by atomic mass is 32.2. The predicted octanol–water partition coefficient (Wildman–Crippen LogP) is 4.58. The summed E-state index contributed by atoms with van der Waals surface area (Å²) in [5.41, 5.74) is 0.930. The fourth-order valence-corrected chi connectivity index (χ4v) is 5.68. The number of nitrogens with one attached hydrogen (secondary N) is 1. The van der Waals surface area contributed by atoms with E-state index >= 15 is 0 Å². The molecule has 218 valence electrons. The second-order valence-corrected chi connectivity index (χ2v) is 11.3. The van der Waals surface area contributed by atoms with Crippen molar-refractivity contribution in [2.45, 2.75) is 30.5 Å². The highest BCUT2D eigenvalue weighted by molar-refractivity contribution is 7.90. The van der Waals surface area contributed by atoms with E-state index in [2.05, 4.69) is 0 Å². The number of nitrogens with zero attached hydrogens (tertiary/aromatic N) is 1. The lowest BCUT2D eigenvalue weighted by Crippen LogP contribution is -2.36. The quantitative estimate of drug-likeness (QED) is 0.412. The molecule has 1 saturated heterocycles. The number of rotatable bonds is 8. The third-order valence-corrected chi connectivity index (χ3v) is 7.87. The topological polar surface area (TPSA) is 102 Å². The van der Waals surface area contributed by atoms with E-state index in [1.165, 1.54) is 0 Å². The Kier molecular flexibility index (Phi) is 9.66. The summed E-state index contributed by atoms with van der Waals surface area (Å²) in [6, 6.07) is 19.9. The maximum absolute atomic E-state index is 13.2. The average Bonchev–Trinajstić information content (AvgIpc) is 3.18. The smallest absolute Gasteiger partial charge is 0.417 e. The van der Waals surface area contributed by atoms with Crippen molar-refractivity contribution in [3.05, 3.63) is 101 Å². The van der Waals surface area contributed by atoms with Gasteiger partial charge in [-0.05, 0) is 35.2 Å². The maximum Gasteiger partial charge on any atom is 0.417 e. The summed E-state index contributed by atoms with van der Waals surface area (Å²) in [4.78, 5) is 25.7. The number of ether oxygens (including phenoxy) is 2. The zero-order valence-corrected chi connectivity index (χ0v) is 22.8. The number of amides is 2. The molecule has 1 aliphatic heterocycles. The first-order valence-electron chi connectivity index (χ1n) is 12.8. The van der Waals surface area contributed by atoms with Crippen molar-refractivity contribution in [3.8, 4) is 0 Å². The number of alkyl halides is 3. The van der Waals surface area contributed by atoms with Gasteiger partial charge in [-0.2, -0.15) is 13.2 Å². The zero-order valence-electron chi connectivity index (χ0n) is 22.0. The fraction of sp³-hybridized carbons (Fsp3) is 0.310. The van der Waals surface area contributed by atoms with Crippen molar-refractivity contribution in [1.82, 2.24) is 9.62 Å². The Morgan fingerprint density at radius 2 is 1.59 bits per heavy atom. The van der Waals surface area contributed by atoms with Gasteiger partial charge in [0.05, 0.1) is 30.1 Å². The summed E-state index contributed by atoms with van der Waals surface area (Å²) < 4.78 is 77.6. The van der Waals surface area contributed by atoms with Crippen LogP contribution in [0.5, 0.6) is 0 Å². The molecule has 1 atom stereocenters. The SMILES string of the molecule is O=C(Cc1ccc(C[C@H]2COCCN(C(=O)OCc3ccccc3)C2)cc1)NS(=O)(=O)c1ccccc1C(F)(F)F. The van der Waals surface area contributed by atoms with Crippen molar-refractivity contribution < 1.29 is 40.7 Å². The van der Waals surface area contributed by atoms with Crippen LogP contribution in [-0.2, 0) is 49.9 Å². The van der Waals surface area contributed by atoms with Gasteiger partial charge >= 0.3 is 12.3 Å². The van der Waals surface area contributed by atoms with Gasteiger partial charge in [0.25, 0.3) is 10.0 Å². The molecule has 41 heavy (non-hydrogen) atoms. The van der Waals surface area contributed by atoms with Gasteiger partial charge in [0, 0.05) is 19.0 Å². The van der Waals surface area contributed by atoms with Crippen molar-refractivity contribution >= 4 is 22.0 Å². The van der Waals surface area contributed by atoms with Crippen LogP contribution in [0.25, 0.3) is 0 Å². The van der Waals surface area contributed by atoms with Crippen LogP contribution >= 0.6 is 0 Å². The van der Waals surface area contributed by atoms with Gasteiger partial charge in [-0.25, -0.2) is 17.9 Å². The highest BCUT2D eigenvalue weighted by Crippen LogP contribution is 2.33. The van der Waals surface area contributed by atoms with Crippen molar-refractivity contribution in [3.63, 3.8) is 0 Å². The van der Waals surface area contributed by atoms with E-state index in [0.717, 1.165) is 29.3 Å². The van der Waals surface area contributed by atoms with Crippen LogP contribution in [0.2, 0.25) is 0 Å². The Hall–Kier alpha value is -3.90. The molecule has 12 heteroatoms. The van der Waals surface area contributed by atoms with Crippen LogP contribution in [0.15, 0.2) is 83.8 Å². The number of carbonyl (C=O) groups is 2. The molecule has 0 bridgehead atoms. The Morgan fingerprint density at radius 1 is 0.927 bits per heavy atom. The summed E-state index contributed by atoms with van der Waals surface area (Å²) in [7, 11) is -4.73. The average molecular weight is 591 g/mol. The fourth-order valence-electron chi connectivity index (χ4n) is 4.47. The van der Waals surface area contributed by atoms with Gasteiger partial charge < -0.3 is 14.4 Å². The molecule has 1 fully saturated rings. The first kappa shape index (κ1) is 30.1. The molecule has 4 rings (SSSR count). The third-order valence-electron chi connectivity index (χ3n) is 6.44. The second-order valence-electron chi connectivity index (χ2n) is 9.65. The van der Waals surface area contributed by atoms with E-state index in [1.54, 1.807) is 33.9 Å². The van der Waals surface area contributed by atoms with Crippen molar-refractivity contribution in [2.75, 3.05) is 26.3 Å². The lowest BCUT2D eigenvalue weighted by atomic mass is 9.98. The van der Waals surface area contributed by atoms with E-state index < -0.39 is 38.7 Å². The minimum atomic E-state index is -4.90. The van der Waals surface area contributed by atoms with Crippen LogP contribution in [0.1, 0.15) is 22.3 Å². The molecular weight excluding hydrogens is 561 g/mol. The Labute approximate surface area is 236 Å². The number of carbonyl (C=O) groups excluding carboxylic acids is 2. The molecule has 8 nitrogen and oxygen atoms in total. The molecule has 0 spiro atoms. The largest absolute Gasteiger partial charge is 0.445 e. The first-order valence-corrected chi connectivity index (χ1v) is 14.3. The van der Waals surface area contributed by atoms with Gasteiger partial charge in [-0.1, -0.05) is 66.7 Å². The maximum atomic E-state index is 13.2. The molecule has 1 aliphatic rings. The molecular formula is C29H29F3N2O6S. The minimum absolute atomic E-state index is 0.00484. The van der Waals surface area contributed by atoms with Gasteiger partial charge in [-0.3, -0.25) is 4.79 Å². The number of halogens is 3.